The minimum atomic E-state index is -0.872. The van der Waals surface area contributed by atoms with Crippen LogP contribution >= 0.6 is 11.8 Å². The Bertz CT molecular complexity index is 378. The number of aliphatic carboxylic acids is 1. The predicted molar refractivity (Wildman–Crippen MR) is 54.7 cm³/mol. The summed E-state index contributed by atoms with van der Waals surface area (Å²) in [7, 11) is 0. The van der Waals surface area contributed by atoms with Gasteiger partial charge in [-0.25, -0.2) is 4.79 Å². The zero-order valence-corrected chi connectivity index (χ0v) is 8.07. The Morgan fingerprint density at radius 3 is 3.00 bits per heavy atom. The van der Waals surface area contributed by atoms with E-state index in [0.717, 1.165) is 10.7 Å². The fourth-order valence-electron chi connectivity index (χ4n) is 1.13. The van der Waals surface area contributed by atoms with Gasteiger partial charge in [-0.2, -0.15) is 0 Å². The molecule has 1 aliphatic rings. The lowest BCUT2D eigenvalue weighted by atomic mass is 10.3. The second-order valence-electron chi connectivity index (χ2n) is 2.81. The van der Waals surface area contributed by atoms with Crippen molar-refractivity contribution in [3.05, 3.63) is 30.1 Å². The molecule has 1 aromatic rings. The van der Waals surface area contributed by atoms with Crippen LogP contribution < -0.4 is 0 Å². The fraction of sp³-hybridized carbons (Fsp3) is 0.222. The normalized spacial score (nSPS) is 20.6. The number of carboxylic acids is 1. The molecule has 0 fully saturated rings. The van der Waals surface area contributed by atoms with Crippen molar-refractivity contribution in [1.29, 1.82) is 0 Å². The Kier molecular flexibility index (Phi) is 2.49. The Morgan fingerprint density at radius 2 is 2.43 bits per heavy atom. The van der Waals surface area contributed by atoms with Crippen LogP contribution in [0.1, 0.15) is 5.69 Å². The molecular weight excluding hydrogens is 200 g/mol. The molecule has 0 bridgehead atoms. The molecule has 1 aromatic heterocycles. The van der Waals surface area contributed by atoms with Crippen LogP contribution in [-0.2, 0) is 4.79 Å². The molecule has 1 N–H and O–H groups in total. The molecule has 1 atom stereocenters. The maximum Gasteiger partial charge on any atom is 0.329 e. The molecular formula is C9H8N2O2S. The third-order valence-corrected chi connectivity index (χ3v) is 2.89. The van der Waals surface area contributed by atoms with E-state index in [-0.39, 0.29) is 0 Å². The molecule has 72 valence electrons. The van der Waals surface area contributed by atoms with Crippen molar-refractivity contribution in [2.24, 2.45) is 4.99 Å². The van der Waals surface area contributed by atoms with Gasteiger partial charge in [0.1, 0.15) is 5.04 Å². The lowest BCUT2D eigenvalue weighted by molar-refractivity contribution is -0.137. The number of hydrogen-bond acceptors (Lipinski definition) is 4. The zero-order chi connectivity index (χ0) is 9.97. The second-order valence-corrected chi connectivity index (χ2v) is 3.82. The van der Waals surface area contributed by atoms with Crippen molar-refractivity contribution in [3.63, 3.8) is 0 Å². The van der Waals surface area contributed by atoms with Gasteiger partial charge >= 0.3 is 5.97 Å². The first-order chi connectivity index (χ1) is 6.77. The van der Waals surface area contributed by atoms with E-state index in [2.05, 4.69) is 9.98 Å². The molecule has 0 radical (unpaired) electrons. The number of pyridine rings is 1. The molecule has 2 rings (SSSR count). The molecule has 4 nitrogen and oxygen atoms in total. The van der Waals surface area contributed by atoms with Crippen LogP contribution in [0.4, 0.5) is 0 Å². The van der Waals surface area contributed by atoms with E-state index in [1.54, 1.807) is 6.20 Å². The van der Waals surface area contributed by atoms with E-state index in [0.29, 0.717) is 5.75 Å². The second kappa shape index (κ2) is 3.79. The summed E-state index contributed by atoms with van der Waals surface area (Å²) in [5.74, 6) is -0.371. The molecule has 2 heterocycles. The van der Waals surface area contributed by atoms with Gasteiger partial charge in [-0.15, -0.1) is 11.8 Å². The quantitative estimate of drug-likeness (QED) is 0.788. The maximum absolute atomic E-state index is 10.6. The summed E-state index contributed by atoms with van der Waals surface area (Å²) in [6, 6.07) is 4.89. The van der Waals surface area contributed by atoms with E-state index >= 15 is 0 Å². The SMILES string of the molecule is O=C(O)C1CSC(c2ccccn2)=N1. The maximum atomic E-state index is 10.6. The molecule has 5 heteroatoms. The van der Waals surface area contributed by atoms with Gasteiger partial charge in [0.15, 0.2) is 6.04 Å². The van der Waals surface area contributed by atoms with Gasteiger partial charge in [0.05, 0.1) is 5.69 Å². The van der Waals surface area contributed by atoms with Gasteiger partial charge < -0.3 is 5.11 Å². The van der Waals surface area contributed by atoms with Gasteiger partial charge in [0, 0.05) is 11.9 Å². The monoisotopic (exact) mass is 208 g/mol. The number of carbonyl (C=O) groups is 1. The van der Waals surface area contributed by atoms with Crippen molar-refractivity contribution in [3.8, 4) is 0 Å². The Morgan fingerprint density at radius 1 is 1.57 bits per heavy atom. The highest BCUT2D eigenvalue weighted by atomic mass is 32.2. The summed E-state index contributed by atoms with van der Waals surface area (Å²) in [5, 5.41) is 9.46. The van der Waals surface area contributed by atoms with Crippen molar-refractivity contribution >= 4 is 22.8 Å². The highest BCUT2D eigenvalue weighted by Gasteiger charge is 2.25. The average molecular weight is 208 g/mol. The summed E-state index contributed by atoms with van der Waals surface area (Å²) in [6.07, 6.45) is 1.67. The lowest BCUT2D eigenvalue weighted by Gasteiger charge is -1.95. The molecule has 1 unspecified atom stereocenters. The highest BCUT2D eigenvalue weighted by Crippen LogP contribution is 2.22. The Hall–Kier alpha value is -1.36. The number of rotatable bonds is 2. The highest BCUT2D eigenvalue weighted by molar-refractivity contribution is 8.14. The van der Waals surface area contributed by atoms with Gasteiger partial charge in [-0.3, -0.25) is 9.98 Å². The summed E-state index contributed by atoms with van der Waals surface area (Å²) in [4.78, 5) is 18.8. The van der Waals surface area contributed by atoms with Gasteiger partial charge in [0.2, 0.25) is 0 Å². The van der Waals surface area contributed by atoms with Crippen molar-refractivity contribution in [1.82, 2.24) is 4.98 Å². The first-order valence-electron chi connectivity index (χ1n) is 4.12. The number of aliphatic imine (C=N–C) groups is 1. The minimum absolute atomic E-state index is 0.501. The van der Waals surface area contributed by atoms with E-state index in [1.807, 2.05) is 18.2 Å². The third kappa shape index (κ3) is 1.77. The predicted octanol–water partition coefficient (Wildman–Crippen LogP) is 1.03. The number of carboxylic acid groups (broad SMARTS) is 1. The van der Waals surface area contributed by atoms with Crippen molar-refractivity contribution in [2.45, 2.75) is 6.04 Å². The van der Waals surface area contributed by atoms with Crippen LogP contribution in [0.25, 0.3) is 0 Å². The number of nitrogens with zero attached hydrogens (tertiary/aromatic N) is 2. The zero-order valence-electron chi connectivity index (χ0n) is 7.25. The summed E-state index contributed by atoms with van der Waals surface area (Å²) in [5.41, 5.74) is 0.751. The van der Waals surface area contributed by atoms with Crippen LogP contribution in [0.15, 0.2) is 29.4 Å². The van der Waals surface area contributed by atoms with Gasteiger partial charge in [-0.1, -0.05) is 6.07 Å². The number of aromatic nitrogens is 1. The van der Waals surface area contributed by atoms with Crippen LogP contribution in [0.5, 0.6) is 0 Å². The first-order valence-corrected chi connectivity index (χ1v) is 5.11. The van der Waals surface area contributed by atoms with Crippen LogP contribution in [0.2, 0.25) is 0 Å². The van der Waals surface area contributed by atoms with Crippen molar-refractivity contribution < 1.29 is 9.90 Å². The molecule has 0 aliphatic carbocycles. The Labute approximate surface area is 85.1 Å². The molecule has 1 aliphatic heterocycles. The molecule has 0 spiro atoms. The van der Waals surface area contributed by atoms with E-state index < -0.39 is 12.0 Å². The largest absolute Gasteiger partial charge is 0.480 e. The average Bonchev–Trinajstić information content (AvgIpc) is 2.68. The Balaban J connectivity index is 2.22. The fourth-order valence-corrected chi connectivity index (χ4v) is 2.13. The van der Waals surface area contributed by atoms with Gasteiger partial charge in [-0.05, 0) is 12.1 Å². The van der Waals surface area contributed by atoms with Crippen molar-refractivity contribution in [2.75, 3.05) is 5.75 Å². The van der Waals surface area contributed by atoms with Crippen LogP contribution in [-0.4, -0.2) is 32.9 Å². The van der Waals surface area contributed by atoms with Crippen LogP contribution in [0.3, 0.4) is 0 Å². The number of hydrogen-bond donors (Lipinski definition) is 1. The summed E-state index contributed by atoms with van der Waals surface area (Å²) in [6.45, 7) is 0. The lowest BCUT2D eigenvalue weighted by Crippen LogP contribution is -2.17. The smallest absolute Gasteiger partial charge is 0.329 e. The van der Waals surface area contributed by atoms with E-state index in [4.69, 9.17) is 5.11 Å². The first kappa shape index (κ1) is 9.21. The van der Waals surface area contributed by atoms with Gasteiger partial charge in [0.25, 0.3) is 0 Å². The molecule has 0 amide bonds. The molecule has 0 saturated heterocycles. The summed E-state index contributed by atoms with van der Waals surface area (Å²) < 4.78 is 0. The third-order valence-electron chi connectivity index (χ3n) is 1.82. The molecule has 0 aromatic carbocycles. The van der Waals surface area contributed by atoms with E-state index in [1.165, 1.54) is 11.8 Å². The molecule has 14 heavy (non-hydrogen) atoms. The number of thioether (sulfide) groups is 1. The topological polar surface area (TPSA) is 62.5 Å². The molecule has 0 saturated carbocycles. The summed E-state index contributed by atoms with van der Waals surface area (Å²) >= 11 is 1.44. The minimum Gasteiger partial charge on any atom is -0.480 e. The van der Waals surface area contributed by atoms with Crippen LogP contribution in [0, 0.1) is 0 Å². The van der Waals surface area contributed by atoms with E-state index in [9.17, 15) is 4.79 Å². The standard InChI is InChI=1S/C9H8N2O2S/c12-9(13)7-5-14-8(11-7)6-3-1-2-4-10-6/h1-4,7H,5H2,(H,12,13).